The first kappa shape index (κ1) is 23.9. The second-order valence-electron chi connectivity index (χ2n) is 10.8. The van der Waals surface area contributed by atoms with Gasteiger partial charge >= 0.3 is 0 Å². The Morgan fingerprint density at radius 2 is 1.85 bits per heavy atom. The molecule has 1 saturated carbocycles. The maximum absolute atomic E-state index is 14.2. The van der Waals surface area contributed by atoms with Gasteiger partial charge in [-0.1, -0.05) is 45.0 Å². The molecule has 180 valence electrons. The van der Waals surface area contributed by atoms with Gasteiger partial charge in [0.25, 0.3) is 5.91 Å². The zero-order valence-electron chi connectivity index (χ0n) is 20.4. The van der Waals surface area contributed by atoms with Crippen molar-refractivity contribution in [1.29, 1.82) is 0 Å². The Morgan fingerprint density at radius 3 is 2.48 bits per heavy atom. The highest BCUT2D eigenvalue weighted by atomic mass is 19.1. The van der Waals surface area contributed by atoms with Gasteiger partial charge in [0, 0.05) is 13.2 Å². The molecule has 6 heteroatoms. The normalized spacial score (nSPS) is 27.7. The molecule has 1 aromatic carbocycles. The van der Waals surface area contributed by atoms with E-state index in [0.29, 0.717) is 38.0 Å². The number of alkyl halides is 1. The maximum atomic E-state index is 14.2. The summed E-state index contributed by atoms with van der Waals surface area (Å²) in [6.45, 7) is 11.4. The van der Waals surface area contributed by atoms with Gasteiger partial charge in [0.2, 0.25) is 0 Å². The van der Waals surface area contributed by atoms with Crippen molar-refractivity contribution in [3.8, 4) is 0 Å². The Balaban J connectivity index is 1.67. The molecule has 1 amide bonds. The van der Waals surface area contributed by atoms with Crippen LogP contribution in [0.5, 0.6) is 0 Å². The van der Waals surface area contributed by atoms with Crippen molar-refractivity contribution in [3.05, 3.63) is 46.7 Å². The third-order valence-corrected chi connectivity index (χ3v) is 6.97. The quantitative estimate of drug-likeness (QED) is 0.562. The number of fused-ring (bicyclic) bond motifs is 1. The monoisotopic (exact) mass is 457 g/mol. The van der Waals surface area contributed by atoms with Crippen LogP contribution >= 0.6 is 0 Å². The van der Waals surface area contributed by atoms with Crippen molar-refractivity contribution in [1.82, 2.24) is 4.90 Å². The molecule has 2 heterocycles. The molecule has 4 atom stereocenters. The number of carbonyl (C=O) groups excluding carboxylic acids is 2. The second kappa shape index (κ2) is 9.21. The molecule has 0 saturated heterocycles. The van der Waals surface area contributed by atoms with Crippen LogP contribution in [0.4, 0.5) is 4.39 Å². The van der Waals surface area contributed by atoms with Gasteiger partial charge in [0.15, 0.2) is 11.5 Å². The van der Waals surface area contributed by atoms with E-state index in [0.717, 1.165) is 5.56 Å². The summed E-state index contributed by atoms with van der Waals surface area (Å²) in [5, 5.41) is 0. The van der Waals surface area contributed by atoms with E-state index in [4.69, 9.17) is 9.47 Å². The van der Waals surface area contributed by atoms with Crippen molar-refractivity contribution in [2.45, 2.75) is 90.1 Å². The van der Waals surface area contributed by atoms with Gasteiger partial charge in [0.05, 0.1) is 23.6 Å². The van der Waals surface area contributed by atoms with Crippen LogP contribution < -0.4 is 0 Å². The molecule has 3 aliphatic rings. The molecule has 1 aliphatic carbocycles. The molecular weight excluding hydrogens is 421 g/mol. The molecule has 1 fully saturated rings. The summed E-state index contributed by atoms with van der Waals surface area (Å²) in [7, 11) is 0. The minimum atomic E-state index is -0.994. The zero-order chi connectivity index (χ0) is 23.9. The summed E-state index contributed by atoms with van der Waals surface area (Å²) in [5.74, 6) is -0.703. The summed E-state index contributed by atoms with van der Waals surface area (Å²) in [6, 6.07) is 7.63. The third-order valence-electron chi connectivity index (χ3n) is 6.97. The summed E-state index contributed by atoms with van der Waals surface area (Å²) in [6.07, 6.45) is 0.398. The predicted molar refractivity (Wildman–Crippen MR) is 124 cm³/mol. The highest BCUT2D eigenvalue weighted by Gasteiger charge is 2.52. The molecule has 4 unspecified atom stereocenters. The Bertz CT molecular complexity index is 930. The van der Waals surface area contributed by atoms with E-state index in [2.05, 4.69) is 32.9 Å². The Kier molecular flexibility index (Phi) is 6.68. The highest BCUT2D eigenvalue weighted by Crippen LogP contribution is 2.47. The SMILES string of the molecule is CC(C)OCCCN1C(=O)C2=C(C(=O)C3CC(F)CCC3O2)C1c1ccc(C(C)(C)C)cc1. The number of benzene rings is 1. The Hall–Kier alpha value is -2.21. The fourth-order valence-electron chi connectivity index (χ4n) is 5.16. The second-order valence-corrected chi connectivity index (χ2v) is 10.8. The lowest BCUT2D eigenvalue weighted by Gasteiger charge is -2.36. The number of hydrogen-bond donors (Lipinski definition) is 0. The van der Waals surface area contributed by atoms with Crippen LogP contribution in [0.25, 0.3) is 0 Å². The molecule has 0 radical (unpaired) electrons. The van der Waals surface area contributed by atoms with E-state index >= 15 is 0 Å². The van der Waals surface area contributed by atoms with Crippen LogP contribution in [0.3, 0.4) is 0 Å². The van der Waals surface area contributed by atoms with E-state index in [1.165, 1.54) is 5.56 Å². The Labute approximate surface area is 196 Å². The van der Waals surface area contributed by atoms with Gasteiger partial charge in [-0.05, 0) is 56.1 Å². The smallest absolute Gasteiger partial charge is 0.290 e. The maximum Gasteiger partial charge on any atom is 0.290 e. The fourth-order valence-corrected chi connectivity index (χ4v) is 5.16. The van der Waals surface area contributed by atoms with Crippen molar-refractivity contribution in [3.63, 3.8) is 0 Å². The molecule has 33 heavy (non-hydrogen) atoms. The summed E-state index contributed by atoms with van der Waals surface area (Å²) in [5.41, 5.74) is 2.47. The lowest BCUT2D eigenvalue weighted by atomic mass is 9.77. The molecule has 5 nitrogen and oxygen atoms in total. The molecule has 2 aliphatic heterocycles. The standard InChI is InChI=1S/C27H36FNO4/c1-16(2)32-14-6-13-29-23(17-7-9-18(10-8-17)27(3,4)5)22-24(30)20-15-19(28)11-12-21(20)33-25(22)26(29)31/h7-10,16,19-21,23H,6,11-15H2,1-5H3. The average Bonchev–Trinajstić information content (AvgIpc) is 3.03. The average molecular weight is 458 g/mol. The van der Waals surface area contributed by atoms with Gasteiger partial charge in [-0.3, -0.25) is 9.59 Å². The van der Waals surface area contributed by atoms with Crippen LogP contribution in [-0.4, -0.2) is 48.1 Å². The number of carbonyl (C=O) groups is 2. The number of ketones is 1. The first-order valence-corrected chi connectivity index (χ1v) is 12.2. The summed E-state index contributed by atoms with van der Waals surface area (Å²) < 4.78 is 25.9. The first-order chi connectivity index (χ1) is 15.6. The molecule has 0 spiro atoms. The van der Waals surface area contributed by atoms with Crippen LogP contribution in [0, 0.1) is 5.92 Å². The van der Waals surface area contributed by atoms with E-state index in [1.54, 1.807) is 4.90 Å². The van der Waals surface area contributed by atoms with Gasteiger partial charge < -0.3 is 14.4 Å². The number of halogens is 1. The van der Waals surface area contributed by atoms with Crippen LogP contribution in [0.2, 0.25) is 0 Å². The predicted octanol–water partition coefficient (Wildman–Crippen LogP) is 5.04. The minimum Gasteiger partial charge on any atom is -0.483 e. The van der Waals surface area contributed by atoms with Crippen molar-refractivity contribution in [2.75, 3.05) is 13.2 Å². The number of Topliss-reactive ketones (excluding diaryl/α,β-unsaturated/α-hetero) is 1. The Morgan fingerprint density at radius 1 is 1.15 bits per heavy atom. The van der Waals surface area contributed by atoms with E-state index < -0.39 is 24.2 Å². The largest absolute Gasteiger partial charge is 0.483 e. The van der Waals surface area contributed by atoms with Crippen LogP contribution in [-0.2, 0) is 24.5 Å². The first-order valence-electron chi connectivity index (χ1n) is 12.2. The highest BCUT2D eigenvalue weighted by molar-refractivity contribution is 6.11. The van der Waals surface area contributed by atoms with Gasteiger partial charge in [-0.15, -0.1) is 0 Å². The van der Waals surface area contributed by atoms with Crippen LogP contribution in [0.15, 0.2) is 35.6 Å². The van der Waals surface area contributed by atoms with E-state index in [-0.39, 0.29) is 35.4 Å². The number of ether oxygens (including phenoxy) is 2. The van der Waals surface area contributed by atoms with Crippen molar-refractivity contribution < 1.29 is 23.5 Å². The molecule has 0 bridgehead atoms. The minimum absolute atomic E-state index is 0.00243. The third kappa shape index (κ3) is 4.72. The fraction of sp³-hybridized carbons (Fsp3) is 0.630. The molecule has 1 aromatic rings. The van der Waals surface area contributed by atoms with Gasteiger partial charge in [-0.25, -0.2) is 4.39 Å². The van der Waals surface area contributed by atoms with E-state index in [1.807, 2.05) is 26.0 Å². The van der Waals surface area contributed by atoms with Gasteiger partial charge in [0.1, 0.15) is 12.3 Å². The van der Waals surface area contributed by atoms with E-state index in [9.17, 15) is 14.0 Å². The number of nitrogens with zero attached hydrogens (tertiary/aromatic N) is 1. The molecule has 0 N–H and O–H groups in total. The molecular formula is C27H36FNO4. The van der Waals surface area contributed by atoms with Crippen molar-refractivity contribution >= 4 is 11.7 Å². The molecule has 4 rings (SSSR count). The van der Waals surface area contributed by atoms with Gasteiger partial charge in [-0.2, -0.15) is 0 Å². The number of hydrogen-bond acceptors (Lipinski definition) is 4. The number of rotatable bonds is 6. The number of amides is 1. The summed E-state index contributed by atoms with van der Waals surface area (Å²) in [4.78, 5) is 28.8. The van der Waals surface area contributed by atoms with Crippen molar-refractivity contribution in [2.24, 2.45) is 5.92 Å². The topological polar surface area (TPSA) is 55.8 Å². The molecule has 0 aromatic heterocycles. The lowest BCUT2D eigenvalue weighted by Crippen LogP contribution is -2.42. The van der Waals surface area contributed by atoms with Crippen LogP contribution in [0.1, 0.15) is 77.5 Å². The zero-order valence-corrected chi connectivity index (χ0v) is 20.4. The lowest BCUT2D eigenvalue weighted by molar-refractivity contribution is -0.136. The summed E-state index contributed by atoms with van der Waals surface area (Å²) >= 11 is 0.